The first-order valence-electron chi connectivity index (χ1n) is 3.89. The standard InChI is InChI=1S/C5H7P.C5H6S/c2*1-5-3-2-4-6-5/h2-4,6H,1H3;2-4H,1H3. The van der Waals surface area contributed by atoms with Gasteiger partial charge in [-0.05, 0) is 36.4 Å². The Morgan fingerprint density at radius 2 is 2.00 bits per heavy atom. The normalized spacial score (nSPS) is 9.50. The number of aryl methyl sites for hydroxylation is 2. The molecule has 1 unspecified atom stereocenters. The molecule has 0 N–H and O–H groups in total. The second-order valence-electron chi connectivity index (χ2n) is 2.58. The third kappa shape index (κ3) is 3.75. The number of thiophene rings is 1. The molecule has 1 atom stereocenters. The monoisotopic (exact) mass is 196 g/mol. The maximum atomic E-state index is 2.19. The second-order valence-corrected chi connectivity index (χ2v) is 5.14. The molecule has 2 aromatic heterocycles. The maximum Gasteiger partial charge on any atom is 0.00141 e. The van der Waals surface area contributed by atoms with Gasteiger partial charge in [0.1, 0.15) is 0 Å². The summed E-state index contributed by atoms with van der Waals surface area (Å²) in [6.45, 7) is 4.25. The molecule has 2 heterocycles. The van der Waals surface area contributed by atoms with Crippen LogP contribution in [-0.2, 0) is 0 Å². The van der Waals surface area contributed by atoms with Gasteiger partial charge in [0.2, 0.25) is 0 Å². The van der Waals surface area contributed by atoms with Crippen molar-refractivity contribution in [1.82, 2.24) is 0 Å². The lowest BCUT2D eigenvalue weighted by Crippen LogP contribution is -1.42. The molecular weight excluding hydrogens is 183 g/mol. The summed E-state index contributed by atoms with van der Waals surface area (Å²) in [6, 6.07) is 8.41. The van der Waals surface area contributed by atoms with Crippen LogP contribution < -0.4 is 0 Å². The summed E-state index contributed by atoms with van der Waals surface area (Å²) in [4.78, 5) is 1.38. The quantitative estimate of drug-likeness (QED) is 0.595. The van der Waals surface area contributed by atoms with Crippen molar-refractivity contribution in [3.8, 4) is 0 Å². The van der Waals surface area contributed by atoms with Crippen molar-refractivity contribution >= 4 is 19.5 Å². The molecule has 2 heteroatoms. The second kappa shape index (κ2) is 5.18. The van der Waals surface area contributed by atoms with Crippen molar-refractivity contribution in [3.05, 3.63) is 45.6 Å². The highest BCUT2D eigenvalue weighted by Gasteiger charge is 1.74. The van der Waals surface area contributed by atoms with Crippen LogP contribution in [0.1, 0.15) is 10.2 Å². The van der Waals surface area contributed by atoms with Crippen molar-refractivity contribution in [1.29, 1.82) is 0 Å². The van der Waals surface area contributed by atoms with E-state index >= 15 is 0 Å². The number of hydrogen-bond donors (Lipinski definition) is 0. The van der Waals surface area contributed by atoms with Gasteiger partial charge < -0.3 is 0 Å². The Morgan fingerprint density at radius 3 is 2.17 bits per heavy atom. The highest BCUT2D eigenvalue weighted by Crippen LogP contribution is 2.10. The van der Waals surface area contributed by atoms with Gasteiger partial charge >= 0.3 is 0 Å². The first-order valence-corrected chi connectivity index (χ1v) is 5.85. The lowest BCUT2D eigenvalue weighted by molar-refractivity contribution is 1.64. The van der Waals surface area contributed by atoms with E-state index in [1.807, 2.05) is 0 Å². The molecule has 0 aliphatic carbocycles. The van der Waals surface area contributed by atoms with E-state index in [0.29, 0.717) is 0 Å². The van der Waals surface area contributed by atoms with E-state index in [9.17, 15) is 0 Å². The van der Waals surface area contributed by atoms with Crippen LogP contribution in [0.2, 0.25) is 0 Å². The van der Waals surface area contributed by atoms with Gasteiger partial charge in [0.25, 0.3) is 0 Å². The van der Waals surface area contributed by atoms with E-state index in [0.717, 1.165) is 8.19 Å². The summed E-state index contributed by atoms with van der Waals surface area (Å²) in [5.41, 5.74) is 0. The topological polar surface area (TPSA) is 0 Å². The highest BCUT2D eigenvalue weighted by atomic mass is 32.1. The van der Waals surface area contributed by atoms with Gasteiger partial charge in [0, 0.05) is 4.88 Å². The summed E-state index contributed by atoms with van der Waals surface area (Å²) in [7, 11) is 0.963. The van der Waals surface area contributed by atoms with Crippen molar-refractivity contribution < 1.29 is 0 Å². The predicted octanol–water partition coefficient (Wildman–Crippen LogP) is 4.08. The molecule has 64 valence electrons. The van der Waals surface area contributed by atoms with E-state index in [1.54, 1.807) is 11.3 Å². The first kappa shape index (κ1) is 9.57. The van der Waals surface area contributed by atoms with E-state index in [1.165, 1.54) is 10.2 Å². The van der Waals surface area contributed by atoms with Crippen LogP contribution in [0.4, 0.5) is 0 Å². The van der Waals surface area contributed by atoms with Crippen LogP contribution >= 0.6 is 19.5 Å². The molecule has 0 nitrogen and oxygen atoms in total. The van der Waals surface area contributed by atoms with Gasteiger partial charge in [-0.2, -0.15) is 0 Å². The molecule has 0 aromatic carbocycles. The molecule has 0 aliphatic rings. The Balaban J connectivity index is 0.000000120. The fraction of sp³-hybridized carbons (Fsp3) is 0.200. The van der Waals surface area contributed by atoms with Crippen LogP contribution in [0.15, 0.2) is 35.4 Å². The van der Waals surface area contributed by atoms with Crippen molar-refractivity contribution in [2.75, 3.05) is 0 Å². The summed E-state index contributed by atoms with van der Waals surface area (Å²) in [5.74, 6) is 2.19. The van der Waals surface area contributed by atoms with Gasteiger partial charge in [-0.25, -0.2) is 0 Å². The first-order chi connectivity index (χ1) is 5.79. The molecule has 0 bridgehead atoms. The van der Waals surface area contributed by atoms with Crippen molar-refractivity contribution in [2.45, 2.75) is 13.8 Å². The van der Waals surface area contributed by atoms with E-state index < -0.39 is 0 Å². The van der Waals surface area contributed by atoms with Crippen molar-refractivity contribution in [3.63, 3.8) is 0 Å². The fourth-order valence-corrected chi connectivity index (χ4v) is 1.96. The van der Waals surface area contributed by atoms with Crippen LogP contribution in [0.3, 0.4) is 0 Å². The van der Waals surface area contributed by atoms with Crippen LogP contribution in [0.5, 0.6) is 0 Å². The minimum Gasteiger partial charge on any atom is -0.149 e. The van der Waals surface area contributed by atoms with Gasteiger partial charge in [-0.1, -0.05) is 18.2 Å². The fourth-order valence-electron chi connectivity index (χ4n) is 0.781. The Labute approximate surface area is 79.4 Å². The summed E-state index contributed by atoms with van der Waals surface area (Å²) in [5, 5.41) is 3.57. The largest absolute Gasteiger partial charge is 0.149 e. The minimum absolute atomic E-state index is 0.963. The zero-order chi connectivity index (χ0) is 8.81. The molecule has 0 fully saturated rings. The highest BCUT2D eigenvalue weighted by molar-refractivity contribution is 7.30. The lowest BCUT2D eigenvalue weighted by atomic mass is 10.5. The Morgan fingerprint density at radius 1 is 1.17 bits per heavy atom. The van der Waals surface area contributed by atoms with E-state index in [2.05, 4.69) is 49.3 Å². The average Bonchev–Trinajstić information content (AvgIpc) is 2.63. The Kier molecular flexibility index (Phi) is 4.13. The Bertz CT molecular complexity index is 249. The average molecular weight is 196 g/mol. The molecule has 12 heavy (non-hydrogen) atoms. The summed E-state index contributed by atoms with van der Waals surface area (Å²) >= 11 is 1.78. The predicted molar refractivity (Wildman–Crippen MR) is 59.7 cm³/mol. The number of hydrogen-bond acceptors (Lipinski definition) is 1. The molecule has 2 rings (SSSR count). The molecule has 0 amide bonds. The third-order valence-corrected chi connectivity index (χ3v) is 3.20. The zero-order valence-corrected chi connectivity index (χ0v) is 9.19. The number of rotatable bonds is 0. The molecule has 0 aliphatic heterocycles. The summed E-state index contributed by atoms with van der Waals surface area (Å²) in [6.07, 6.45) is 0. The minimum atomic E-state index is 0.963. The summed E-state index contributed by atoms with van der Waals surface area (Å²) < 4.78 is 0. The molecular formula is C10H13PS. The molecule has 0 saturated carbocycles. The van der Waals surface area contributed by atoms with Gasteiger partial charge in [0.15, 0.2) is 0 Å². The van der Waals surface area contributed by atoms with Gasteiger partial charge in [0.05, 0.1) is 0 Å². The van der Waals surface area contributed by atoms with Crippen LogP contribution in [0, 0.1) is 13.8 Å². The molecule has 2 aromatic rings. The maximum absolute atomic E-state index is 2.19. The third-order valence-electron chi connectivity index (χ3n) is 1.42. The lowest BCUT2D eigenvalue weighted by Gasteiger charge is -1.67. The van der Waals surface area contributed by atoms with Gasteiger partial charge in [-0.3, -0.25) is 0 Å². The molecule has 0 spiro atoms. The van der Waals surface area contributed by atoms with Crippen molar-refractivity contribution in [2.24, 2.45) is 0 Å². The van der Waals surface area contributed by atoms with Crippen LogP contribution in [0.25, 0.3) is 0 Å². The SMILES string of the molecule is Cc1ccc[pH]1.Cc1cccs1. The zero-order valence-electron chi connectivity index (χ0n) is 7.37. The van der Waals surface area contributed by atoms with Gasteiger partial charge in [-0.15, -0.1) is 19.5 Å². The Hall–Kier alpha value is -0.520. The van der Waals surface area contributed by atoms with E-state index in [4.69, 9.17) is 0 Å². The molecule has 0 saturated heterocycles. The smallest absolute Gasteiger partial charge is 0.00141 e. The molecule has 0 radical (unpaired) electrons. The van der Waals surface area contributed by atoms with E-state index in [-0.39, 0.29) is 0 Å². The van der Waals surface area contributed by atoms with Crippen LogP contribution in [-0.4, -0.2) is 0 Å².